The van der Waals surface area contributed by atoms with Crippen LogP contribution in [0.4, 0.5) is 0 Å². The Hall–Kier alpha value is -1.15. The summed E-state index contributed by atoms with van der Waals surface area (Å²) in [7, 11) is 0. The van der Waals surface area contributed by atoms with Crippen LogP contribution in [0.5, 0.6) is 0 Å². The molecule has 1 aromatic carbocycles. The minimum Gasteiger partial charge on any atom is -0.339 e. The topological polar surface area (TPSA) is 56.7 Å². The molecule has 0 saturated carbocycles. The van der Waals surface area contributed by atoms with E-state index in [0.29, 0.717) is 24.7 Å². The van der Waals surface area contributed by atoms with Crippen LogP contribution in [0.25, 0.3) is 11.0 Å². The normalized spacial score (nSPS) is 13.0. The van der Waals surface area contributed by atoms with Crippen molar-refractivity contribution in [2.75, 3.05) is 0 Å². The van der Waals surface area contributed by atoms with Crippen molar-refractivity contribution in [2.45, 2.75) is 32.2 Å². The van der Waals surface area contributed by atoms with E-state index < -0.39 is 0 Å². The highest BCUT2D eigenvalue weighted by molar-refractivity contribution is 14.1. The first-order valence-electron chi connectivity index (χ1n) is 6.63. The predicted octanol–water partition coefficient (Wildman–Crippen LogP) is 3.87. The molecule has 7 heteroatoms. The summed E-state index contributed by atoms with van der Waals surface area (Å²) < 4.78 is 8.45. The van der Waals surface area contributed by atoms with Crippen LogP contribution >= 0.6 is 34.2 Å². The first-order chi connectivity index (χ1) is 10.0. The smallest absolute Gasteiger partial charge is 0.228 e. The summed E-state index contributed by atoms with van der Waals surface area (Å²) in [6.07, 6.45) is 0.662. The van der Waals surface area contributed by atoms with E-state index in [1.54, 1.807) is 0 Å². The molecule has 110 valence electrons. The van der Waals surface area contributed by atoms with Gasteiger partial charge in [-0.25, -0.2) is 4.98 Å². The van der Waals surface area contributed by atoms with Crippen molar-refractivity contribution in [1.29, 1.82) is 0 Å². The van der Waals surface area contributed by atoms with E-state index >= 15 is 0 Å². The number of benzene rings is 1. The Labute approximate surface area is 140 Å². The van der Waals surface area contributed by atoms with Gasteiger partial charge in [-0.15, -0.1) is 11.6 Å². The highest BCUT2D eigenvalue weighted by Gasteiger charge is 2.16. The lowest BCUT2D eigenvalue weighted by atomic mass is 10.3. The average molecular weight is 417 g/mol. The van der Waals surface area contributed by atoms with Crippen molar-refractivity contribution >= 4 is 45.2 Å². The number of imidazole rings is 1. The van der Waals surface area contributed by atoms with Crippen LogP contribution in [-0.2, 0) is 13.0 Å². The van der Waals surface area contributed by atoms with E-state index in [9.17, 15) is 0 Å². The first-order valence-corrected chi connectivity index (χ1v) is 8.15. The Kier molecular flexibility index (Phi) is 4.17. The highest BCUT2D eigenvalue weighted by atomic mass is 127. The van der Waals surface area contributed by atoms with Gasteiger partial charge >= 0.3 is 0 Å². The fourth-order valence-electron chi connectivity index (χ4n) is 2.31. The SMILES string of the molecule is Cc1noc(CCn2c(C(C)Cl)nc3cc(I)ccc32)n1. The van der Waals surface area contributed by atoms with Crippen molar-refractivity contribution in [2.24, 2.45) is 0 Å². The van der Waals surface area contributed by atoms with Gasteiger partial charge in [0.2, 0.25) is 5.89 Å². The second-order valence-electron chi connectivity index (χ2n) is 4.86. The third-order valence-corrected chi connectivity index (χ3v) is 4.08. The maximum atomic E-state index is 6.27. The Bertz CT molecular complexity index is 780. The molecule has 3 aromatic rings. The maximum Gasteiger partial charge on any atom is 0.228 e. The molecular weight excluding hydrogens is 403 g/mol. The fourth-order valence-corrected chi connectivity index (χ4v) is 2.95. The molecule has 0 aliphatic carbocycles. The van der Waals surface area contributed by atoms with Gasteiger partial charge in [-0.05, 0) is 54.6 Å². The molecule has 5 nitrogen and oxygen atoms in total. The lowest BCUT2D eigenvalue weighted by Gasteiger charge is -2.09. The Balaban J connectivity index is 1.97. The summed E-state index contributed by atoms with van der Waals surface area (Å²) in [5.74, 6) is 2.15. The van der Waals surface area contributed by atoms with Gasteiger partial charge in [0.25, 0.3) is 0 Å². The summed E-state index contributed by atoms with van der Waals surface area (Å²) in [6.45, 7) is 4.46. The van der Waals surface area contributed by atoms with Gasteiger partial charge in [0, 0.05) is 16.5 Å². The Morgan fingerprint density at radius 3 is 2.86 bits per heavy atom. The molecule has 21 heavy (non-hydrogen) atoms. The number of fused-ring (bicyclic) bond motifs is 1. The van der Waals surface area contributed by atoms with Gasteiger partial charge in [0.15, 0.2) is 5.82 Å². The molecule has 0 N–H and O–H groups in total. The molecule has 2 aromatic heterocycles. The molecule has 0 fully saturated rings. The van der Waals surface area contributed by atoms with Crippen LogP contribution in [0.1, 0.15) is 29.8 Å². The summed E-state index contributed by atoms with van der Waals surface area (Å²) in [4.78, 5) is 8.88. The zero-order chi connectivity index (χ0) is 15.0. The van der Waals surface area contributed by atoms with E-state index in [4.69, 9.17) is 16.1 Å². The third-order valence-electron chi connectivity index (χ3n) is 3.21. The lowest BCUT2D eigenvalue weighted by molar-refractivity contribution is 0.368. The Morgan fingerprint density at radius 2 is 2.19 bits per heavy atom. The van der Waals surface area contributed by atoms with Crippen LogP contribution < -0.4 is 0 Å². The lowest BCUT2D eigenvalue weighted by Crippen LogP contribution is -2.07. The van der Waals surface area contributed by atoms with Gasteiger partial charge in [0.05, 0.1) is 16.4 Å². The van der Waals surface area contributed by atoms with Crippen LogP contribution in [0.3, 0.4) is 0 Å². The van der Waals surface area contributed by atoms with E-state index in [2.05, 4.69) is 60.5 Å². The minimum atomic E-state index is -0.153. The summed E-state index contributed by atoms with van der Waals surface area (Å²) in [6, 6.07) is 6.21. The molecular formula is C14H14ClIN4O. The molecule has 0 aliphatic rings. The van der Waals surface area contributed by atoms with Crippen molar-refractivity contribution in [3.8, 4) is 0 Å². The molecule has 0 saturated heterocycles. The van der Waals surface area contributed by atoms with Crippen LogP contribution in [0.2, 0.25) is 0 Å². The quantitative estimate of drug-likeness (QED) is 0.478. The average Bonchev–Trinajstić information content (AvgIpc) is 2.99. The summed E-state index contributed by atoms with van der Waals surface area (Å²) in [5.41, 5.74) is 2.04. The monoisotopic (exact) mass is 416 g/mol. The van der Waals surface area contributed by atoms with E-state index in [0.717, 1.165) is 20.4 Å². The zero-order valence-corrected chi connectivity index (χ0v) is 14.6. The van der Waals surface area contributed by atoms with Gasteiger partial charge < -0.3 is 9.09 Å². The molecule has 0 spiro atoms. The number of hydrogen-bond donors (Lipinski definition) is 0. The van der Waals surface area contributed by atoms with E-state index in [-0.39, 0.29) is 5.38 Å². The molecule has 2 heterocycles. The largest absolute Gasteiger partial charge is 0.339 e. The van der Waals surface area contributed by atoms with Crippen molar-refractivity contribution in [3.05, 3.63) is 39.3 Å². The Morgan fingerprint density at radius 1 is 1.38 bits per heavy atom. The standard InChI is InChI=1S/C14H14ClIN4O/c1-8(15)14-18-11-7-10(16)3-4-12(11)20(14)6-5-13-17-9(2)19-21-13/h3-4,7-8H,5-6H2,1-2H3. The van der Waals surface area contributed by atoms with Crippen LogP contribution in [-0.4, -0.2) is 19.7 Å². The molecule has 1 unspecified atom stereocenters. The molecule has 3 rings (SSSR count). The number of alkyl halides is 1. The first kappa shape index (κ1) is 14.8. The fraction of sp³-hybridized carbons (Fsp3) is 0.357. The minimum absolute atomic E-state index is 0.153. The highest BCUT2D eigenvalue weighted by Crippen LogP contribution is 2.26. The second-order valence-corrected chi connectivity index (χ2v) is 6.76. The molecule has 0 aliphatic heterocycles. The van der Waals surface area contributed by atoms with Crippen LogP contribution in [0, 0.1) is 10.5 Å². The van der Waals surface area contributed by atoms with Gasteiger partial charge in [-0.1, -0.05) is 5.16 Å². The van der Waals surface area contributed by atoms with Crippen molar-refractivity contribution in [1.82, 2.24) is 19.7 Å². The van der Waals surface area contributed by atoms with Gasteiger partial charge in [-0.2, -0.15) is 4.98 Å². The number of aromatic nitrogens is 4. The molecule has 0 radical (unpaired) electrons. The maximum absolute atomic E-state index is 6.27. The molecule has 1 atom stereocenters. The van der Waals surface area contributed by atoms with Gasteiger partial charge in [0.1, 0.15) is 5.82 Å². The third kappa shape index (κ3) is 3.06. The van der Waals surface area contributed by atoms with Gasteiger partial charge in [-0.3, -0.25) is 0 Å². The second kappa shape index (κ2) is 5.92. The number of aryl methyl sites for hydroxylation is 3. The van der Waals surface area contributed by atoms with E-state index in [1.165, 1.54) is 0 Å². The number of halogens is 2. The summed E-state index contributed by atoms with van der Waals surface area (Å²) in [5, 5.41) is 3.66. The van der Waals surface area contributed by atoms with Crippen LogP contribution in [0.15, 0.2) is 22.7 Å². The van der Waals surface area contributed by atoms with Crippen molar-refractivity contribution < 1.29 is 4.52 Å². The number of hydrogen-bond acceptors (Lipinski definition) is 4. The van der Waals surface area contributed by atoms with E-state index in [1.807, 2.05) is 13.8 Å². The zero-order valence-electron chi connectivity index (χ0n) is 11.7. The number of rotatable bonds is 4. The molecule has 0 amide bonds. The molecule has 0 bridgehead atoms. The summed E-state index contributed by atoms with van der Waals surface area (Å²) >= 11 is 8.55. The van der Waals surface area contributed by atoms with Crippen molar-refractivity contribution in [3.63, 3.8) is 0 Å². The number of nitrogens with zero attached hydrogens (tertiary/aromatic N) is 4. The predicted molar refractivity (Wildman–Crippen MR) is 89.5 cm³/mol.